The van der Waals surface area contributed by atoms with Crippen molar-refractivity contribution in [2.45, 2.75) is 0 Å². The Balaban J connectivity index is 1.89. The number of carbonyl (C=O) groups is 1. The van der Waals surface area contributed by atoms with E-state index in [4.69, 9.17) is 4.74 Å². The fourth-order valence-corrected chi connectivity index (χ4v) is 2.41. The van der Waals surface area contributed by atoms with Gasteiger partial charge >= 0.3 is 11.7 Å². The summed E-state index contributed by atoms with van der Waals surface area (Å²) in [7, 11) is 1.24. The van der Waals surface area contributed by atoms with Gasteiger partial charge in [-0.05, 0) is 42.0 Å². The minimum Gasteiger partial charge on any atom is -0.465 e. The third-order valence-corrected chi connectivity index (χ3v) is 3.80. The first-order valence-electron chi connectivity index (χ1n) is 8.26. The van der Waals surface area contributed by atoms with E-state index in [1.807, 2.05) is 0 Å². The highest BCUT2D eigenvalue weighted by molar-refractivity contribution is 5.93. The second-order valence-electron chi connectivity index (χ2n) is 5.69. The zero-order valence-corrected chi connectivity index (χ0v) is 15.1. The number of esters is 1. The summed E-state index contributed by atoms with van der Waals surface area (Å²) in [5.41, 5.74) is 0.683. The molecule has 0 saturated heterocycles. The molecule has 0 aliphatic rings. The van der Waals surface area contributed by atoms with Gasteiger partial charge in [0.15, 0.2) is 0 Å². The first-order chi connectivity index (χ1) is 14.0. The van der Waals surface area contributed by atoms with Crippen molar-refractivity contribution < 1.29 is 23.6 Å². The Hall–Kier alpha value is -4.14. The highest BCUT2D eigenvalue weighted by Gasteiger charge is 2.17. The summed E-state index contributed by atoms with van der Waals surface area (Å²) in [4.78, 5) is 30.4. The van der Waals surface area contributed by atoms with Crippen molar-refractivity contribution in [1.82, 2.24) is 9.97 Å². The van der Waals surface area contributed by atoms with Crippen LogP contribution in [-0.2, 0) is 4.74 Å². The van der Waals surface area contributed by atoms with Crippen LogP contribution >= 0.6 is 0 Å². The van der Waals surface area contributed by atoms with Gasteiger partial charge in [-0.3, -0.25) is 10.1 Å². The summed E-state index contributed by atoms with van der Waals surface area (Å²) in [6.07, 6.45) is 5.67. The summed E-state index contributed by atoms with van der Waals surface area (Å²) in [5, 5.41) is 11.4. The lowest BCUT2D eigenvalue weighted by Gasteiger charge is -2.07. The number of carbonyl (C=O) groups excluding carboxylic acids is 1. The fourth-order valence-electron chi connectivity index (χ4n) is 2.41. The topological polar surface area (TPSA) is 104 Å². The average Bonchev–Trinajstić information content (AvgIpc) is 2.74. The van der Waals surface area contributed by atoms with Gasteiger partial charge in [0.05, 0.1) is 17.7 Å². The van der Waals surface area contributed by atoms with Crippen molar-refractivity contribution in [3.63, 3.8) is 0 Å². The highest BCUT2D eigenvalue weighted by atomic mass is 19.1. The molecular weight excluding hydrogens is 381 g/mol. The van der Waals surface area contributed by atoms with E-state index in [1.165, 1.54) is 62.1 Å². The molecule has 8 nitrogen and oxygen atoms in total. The van der Waals surface area contributed by atoms with Crippen LogP contribution in [0, 0.1) is 15.9 Å². The zero-order valence-electron chi connectivity index (χ0n) is 15.1. The molecule has 0 aliphatic carbocycles. The largest absolute Gasteiger partial charge is 0.465 e. The van der Waals surface area contributed by atoms with Gasteiger partial charge in [-0.25, -0.2) is 19.2 Å². The Morgan fingerprint density at radius 3 is 2.62 bits per heavy atom. The van der Waals surface area contributed by atoms with Gasteiger partial charge in [0.1, 0.15) is 23.5 Å². The number of methoxy groups -OCH3 is 1. The van der Waals surface area contributed by atoms with Crippen LogP contribution in [0.2, 0.25) is 0 Å². The molecule has 3 aromatic rings. The maximum Gasteiger partial charge on any atom is 0.341 e. The third-order valence-electron chi connectivity index (χ3n) is 3.80. The van der Waals surface area contributed by atoms with E-state index in [0.717, 1.165) is 0 Å². The second-order valence-corrected chi connectivity index (χ2v) is 5.69. The molecule has 0 N–H and O–H groups in total. The minimum absolute atomic E-state index is 0.0102. The van der Waals surface area contributed by atoms with Crippen LogP contribution in [0.3, 0.4) is 0 Å². The van der Waals surface area contributed by atoms with Crippen molar-refractivity contribution in [3.8, 4) is 11.5 Å². The second kappa shape index (κ2) is 8.70. The normalized spacial score (nSPS) is 10.7. The summed E-state index contributed by atoms with van der Waals surface area (Å²) in [6, 6.07) is 9.47. The zero-order chi connectivity index (χ0) is 20.8. The Morgan fingerprint density at radius 2 is 1.93 bits per heavy atom. The molecule has 2 aromatic carbocycles. The van der Waals surface area contributed by atoms with Gasteiger partial charge in [0.25, 0.3) is 0 Å². The molecule has 0 amide bonds. The first-order valence-corrected chi connectivity index (χ1v) is 8.26. The van der Waals surface area contributed by atoms with Crippen LogP contribution in [-0.4, -0.2) is 28.0 Å². The van der Waals surface area contributed by atoms with Crippen LogP contribution in [0.5, 0.6) is 11.5 Å². The number of nitro benzene ring substituents is 1. The molecule has 0 bridgehead atoms. The molecule has 9 heteroatoms. The van der Waals surface area contributed by atoms with E-state index in [1.54, 1.807) is 12.1 Å². The van der Waals surface area contributed by atoms with E-state index >= 15 is 0 Å². The Labute approximate surface area is 164 Å². The summed E-state index contributed by atoms with van der Waals surface area (Å²) < 4.78 is 23.2. The molecule has 29 heavy (non-hydrogen) atoms. The Bertz CT molecular complexity index is 1080. The van der Waals surface area contributed by atoms with E-state index < -0.39 is 16.7 Å². The number of hydrogen-bond acceptors (Lipinski definition) is 7. The predicted octanol–water partition coefficient (Wildman–Crippen LogP) is 4.27. The van der Waals surface area contributed by atoms with Gasteiger partial charge in [-0.15, -0.1) is 0 Å². The molecular formula is C20H14FN3O5. The van der Waals surface area contributed by atoms with Crippen molar-refractivity contribution in [2.24, 2.45) is 0 Å². The van der Waals surface area contributed by atoms with Crippen LogP contribution in [0.1, 0.15) is 21.6 Å². The molecule has 1 heterocycles. The molecule has 146 valence electrons. The highest BCUT2D eigenvalue weighted by Crippen LogP contribution is 2.32. The van der Waals surface area contributed by atoms with Gasteiger partial charge in [-0.1, -0.05) is 12.1 Å². The lowest BCUT2D eigenvalue weighted by molar-refractivity contribution is -0.385. The van der Waals surface area contributed by atoms with E-state index in [9.17, 15) is 19.3 Å². The smallest absolute Gasteiger partial charge is 0.341 e. The van der Waals surface area contributed by atoms with E-state index in [-0.39, 0.29) is 22.7 Å². The number of nitrogens with zero attached hydrogens (tertiary/aromatic N) is 3. The van der Waals surface area contributed by atoms with Crippen LogP contribution in [0.15, 0.2) is 55.0 Å². The summed E-state index contributed by atoms with van der Waals surface area (Å²) >= 11 is 0. The number of aromatic nitrogens is 2. The van der Waals surface area contributed by atoms with Gasteiger partial charge in [0, 0.05) is 12.3 Å². The molecule has 0 spiro atoms. The van der Waals surface area contributed by atoms with Crippen LogP contribution < -0.4 is 4.74 Å². The van der Waals surface area contributed by atoms with E-state index in [2.05, 4.69) is 14.7 Å². The predicted molar refractivity (Wildman–Crippen MR) is 102 cm³/mol. The van der Waals surface area contributed by atoms with Gasteiger partial charge in [0.2, 0.25) is 5.75 Å². The molecule has 1 aromatic heterocycles. The maximum atomic E-state index is 13.0. The van der Waals surface area contributed by atoms with Gasteiger partial charge in [-0.2, -0.15) is 0 Å². The standard InChI is InChI=1S/C20H14FN3O5/c1-28-20(25)16-11-22-12-23-17(16)8-2-13-3-9-19(18(10-13)24(26)27)29-15-6-4-14(21)5-7-15/h2-12H,1H3/b8-2+. The number of halogens is 1. The number of nitro groups is 1. The van der Waals surface area contributed by atoms with Crippen molar-refractivity contribution >= 4 is 23.8 Å². The molecule has 0 radical (unpaired) electrons. The molecule has 3 rings (SSSR count). The van der Waals surface area contributed by atoms with Crippen LogP contribution in [0.25, 0.3) is 12.2 Å². The third kappa shape index (κ3) is 4.78. The minimum atomic E-state index is -0.598. The lowest BCUT2D eigenvalue weighted by Crippen LogP contribution is -2.05. The fraction of sp³-hybridized carbons (Fsp3) is 0.0500. The number of hydrogen-bond donors (Lipinski definition) is 0. The lowest BCUT2D eigenvalue weighted by atomic mass is 10.1. The Kier molecular flexibility index (Phi) is 5.88. The number of ether oxygens (including phenoxy) is 2. The SMILES string of the molecule is COC(=O)c1cncnc1/C=C/c1ccc(Oc2ccc(F)cc2)c([N+](=O)[O-])c1. The average molecular weight is 395 g/mol. The van der Waals surface area contributed by atoms with Crippen molar-refractivity contribution in [3.05, 3.63) is 87.7 Å². The molecule has 0 atom stereocenters. The maximum absolute atomic E-state index is 13.0. The van der Waals surface area contributed by atoms with Gasteiger partial charge < -0.3 is 9.47 Å². The number of benzene rings is 2. The monoisotopic (exact) mass is 395 g/mol. The molecule has 0 unspecified atom stereocenters. The Morgan fingerprint density at radius 1 is 1.17 bits per heavy atom. The van der Waals surface area contributed by atoms with Crippen LogP contribution in [0.4, 0.5) is 10.1 Å². The summed E-state index contributed by atoms with van der Waals surface area (Å²) in [6.45, 7) is 0. The molecule has 0 aliphatic heterocycles. The van der Waals surface area contributed by atoms with E-state index in [0.29, 0.717) is 11.3 Å². The number of rotatable bonds is 6. The molecule has 0 saturated carbocycles. The molecule has 0 fully saturated rings. The van der Waals surface area contributed by atoms with Crippen molar-refractivity contribution in [2.75, 3.05) is 7.11 Å². The quantitative estimate of drug-likeness (QED) is 0.349. The first kappa shape index (κ1) is 19.6. The van der Waals surface area contributed by atoms with Crippen molar-refractivity contribution in [1.29, 1.82) is 0 Å². The summed E-state index contributed by atoms with van der Waals surface area (Å²) in [5.74, 6) is -0.764.